The Morgan fingerprint density at radius 2 is 2.35 bits per heavy atom. The van der Waals surface area contributed by atoms with Crippen LogP contribution in [0.4, 0.5) is 0 Å². The van der Waals surface area contributed by atoms with Crippen molar-refractivity contribution < 1.29 is 0 Å². The molecule has 106 valence electrons. The Bertz CT molecular complexity index is 626. The summed E-state index contributed by atoms with van der Waals surface area (Å²) in [5.74, 6) is 0. The molecule has 0 radical (unpaired) electrons. The molecule has 0 bridgehead atoms. The van der Waals surface area contributed by atoms with E-state index in [-0.39, 0.29) is 0 Å². The third-order valence-electron chi connectivity index (χ3n) is 3.56. The van der Waals surface area contributed by atoms with E-state index in [2.05, 4.69) is 28.2 Å². The van der Waals surface area contributed by atoms with Crippen molar-refractivity contribution in [1.29, 1.82) is 0 Å². The van der Waals surface area contributed by atoms with Crippen molar-refractivity contribution in [1.82, 2.24) is 10.3 Å². The molecule has 0 saturated heterocycles. The molecule has 0 spiro atoms. The SMILES string of the molecule is CCNC1CCCc2nc(-c3cc(Cl)ccc3Br)sc21. The molecule has 2 nitrogen and oxygen atoms in total. The summed E-state index contributed by atoms with van der Waals surface area (Å²) in [6.07, 6.45) is 3.51. The number of nitrogens with zero attached hydrogens (tertiary/aromatic N) is 1. The minimum absolute atomic E-state index is 0.466. The first-order chi connectivity index (χ1) is 9.69. The summed E-state index contributed by atoms with van der Waals surface area (Å²) in [4.78, 5) is 6.25. The van der Waals surface area contributed by atoms with Crippen LogP contribution in [0, 0.1) is 0 Å². The number of benzene rings is 1. The van der Waals surface area contributed by atoms with Gasteiger partial charge < -0.3 is 5.32 Å². The Balaban J connectivity index is 2.02. The molecular weight excluding hydrogens is 356 g/mol. The molecule has 1 N–H and O–H groups in total. The van der Waals surface area contributed by atoms with E-state index in [0.29, 0.717) is 6.04 Å². The molecule has 0 fully saturated rings. The van der Waals surface area contributed by atoms with Crippen LogP contribution in [0.15, 0.2) is 22.7 Å². The van der Waals surface area contributed by atoms with Gasteiger partial charge in [-0.25, -0.2) is 4.98 Å². The summed E-state index contributed by atoms with van der Waals surface area (Å²) in [5, 5.41) is 5.38. The zero-order chi connectivity index (χ0) is 14.1. The van der Waals surface area contributed by atoms with E-state index >= 15 is 0 Å². The van der Waals surface area contributed by atoms with Crippen LogP contribution in [-0.2, 0) is 6.42 Å². The second-order valence-corrected chi connectivity index (χ2v) is 7.28. The third-order valence-corrected chi connectivity index (χ3v) is 5.73. The summed E-state index contributed by atoms with van der Waals surface area (Å²) in [6, 6.07) is 6.33. The van der Waals surface area contributed by atoms with Gasteiger partial charge in [0, 0.05) is 26.0 Å². The first-order valence-electron chi connectivity index (χ1n) is 6.87. The van der Waals surface area contributed by atoms with E-state index in [4.69, 9.17) is 16.6 Å². The molecule has 1 aromatic carbocycles. The lowest BCUT2D eigenvalue weighted by Gasteiger charge is -2.21. The first kappa shape index (κ1) is 14.5. The predicted octanol–water partition coefficient (Wildman–Crippen LogP) is 5.21. The topological polar surface area (TPSA) is 24.9 Å². The molecule has 1 aliphatic rings. The van der Waals surface area contributed by atoms with E-state index in [1.165, 1.54) is 23.4 Å². The molecule has 1 aromatic heterocycles. The molecule has 20 heavy (non-hydrogen) atoms. The van der Waals surface area contributed by atoms with Crippen LogP contribution in [-0.4, -0.2) is 11.5 Å². The predicted molar refractivity (Wildman–Crippen MR) is 89.6 cm³/mol. The lowest BCUT2D eigenvalue weighted by atomic mass is 9.98. The van der Waals surface area contributed by atoms with Crippen LogP contribution in [0.25, 0.3) is 10.6 Å². The fourth-order valence-electron chi connectivity index (χ4n) is 2.64. The molecule has 0 amide bonds. The summed E-state index contributed by atoms with van der Waals surface area (Å²) in [7, 11) is 0. The van der Waals surface area contributed by atoms with Gasteiger partial charge in [0.1, 0.15) is 5.01 Å². The molecule has 1 unspecified atom stereocenters. The molecule has 2 aromatic rings. The maximum atomic E-state index is 6.12. The number of aromatic nitrogens is 1. The number of hydrogen-bond acceptors (Lipinski definition) is 3. The second kappa shape index (κ2) is 6.14. The molecule has 0 aliphatic heterocycles. The van der Waals surface area contributed by atoms with Crippen molar-refractivity contribution in [2.24, 2.45) is 0 Å². The number of fused-ring (bicyclic) bond motifs is 1. The Morgan fingerprint density at radius 3 is 3.15 bits per heavy atom. The molecule has 1 heterocycles. The minimum atomic E-state index is 0.466. The third kappa shape index (κ3) is 2.80. The average molecular weight is 372 g/mol. The van der Waals surface area contributed by atoms with E-state index < -0.39 is 0 Å². The van der Waals surface area contributed by atoms with Crippen molar-refractivity contribution >= 4 is 38.9 Å². The van der Waals surface area contributed by atoms with Crippen molar-refractivity contribution in [3.63, 3.8) is 0 Å². The summed E-state index contributed by atoms with van der Waals surface area (Å²) < 4.78 is 1.05. The summed E-state index contributed by atoms with van der Waals surface area (Å²) in [6.45, 7) is 3.15. The zero-order valence-electron chi connectivity index (χ0n) is 11.2. The molecule has 1 aliphatic carbocycles. The van der Waals surface area contributed by atoms with Gasteiger partial charge in [-0.1, -0.05) is 34.5 Å². The monoisotopic (exact) mass is 370 g/mol. The highest BCUT2D eigenvalue weighted by Gasteiger charge is 2.24. The van der Waals surface area contributed by atoms with Crippen LogP contribution in [0.2, 0.25) is 5.02 Å². The van der Waals surface area contributed by atoms with E-state index in [1.807, 2.05) is 18.2 Å². The standard InChI is InChI=1S/C15H16BrClN2S/c1-2-18-12-4-3-5-13-14(12)20-15(19-13)10-8-9(17)6-7-11(10)16/h6-8,12,18H,2-5H2,1H3. The Hall–Kier alpha value is -0.420. The number of hydrogen-bond donors (Lipinski definition) is 1. The molecule has 3 rings (SSSR count). The van der Waals surface area contributed by atoms with Gasteiger partial charge in [-0.2, -0.15) is 0 Å². The normalized spacial score (nSPS) is 18.1. The van der Waals surface area contributed by atoms with Crippen LogP contribution in [0.3, 0.4) is 0 Å². The second-order valence-electron chi connectivity index (χ2n) is 4.96. The lowest BCUT2D eigenvalue weighted by Crippen LogP contribution is -2.23. The first-order valence-corrected chi connectivity index (χ1v) is 8.86. The molecule has 0 saturated carbocycles. The highest BCUT2D eigenvalue weighted by molar-refractivity contribution is 9.10. The van der Waals surface area contributed by atoms with Gasteiger partial charge in [0.2, 0.25) is 0 Å². The Labute approximate surface area is 136 Å². The van der Waals surface area contributed by atoms with Crippen molar-refractivity contribution in [3.05, 3.63) is 38.3 Å². The summed E-state index contributed by atoms with van der Waals surface area (Å²) in [5.41, 5.74) is 2.35. The number of nitrogens with one attached hydrogen (secondary N) is 1. The fourth-order valence-corrected chi connectivity index (χ4v) is 4.63. The van der Waals surface area contributed by atoms with Gasteiger partial charge in [-0.15, -0.1) is 11.3 Å². The maximum Gasteiger partial charge on any atom is 0.125 e. The molecule has 1 atom stereocenters. The number of thiazole rings is 1. The Morgan fingerprint density at radius 1 is 1.50 bits per heavy atom. The van der Waals surface area contributed by atoms with E-state index in [9.17, 15) is 0 Å². The van der Waals surface area contributed by atoms with Gasteiger partial charge in [-0.3, -0.25) is 0 Å². The van der Waals surface area contributed by atoms with Crippen LogP contribution in [0.5, 0.6) is 0 Å². The minimum Gasteiger partial charge on any atom is -0.309 e. The number of halogens is 2. The van der Waals surface area contributed by atoms with Crippen LogP contribution in [0.1, 0.15) is 36.4 Å². The van der Waals surface area contributed by atoms with Gasteiger partial charge in [0.05, 0.1) is 5.69 Å². The molecular formula is C15H16BrClN2S. The van der Waals surface area contributed by atoms with Crippen molar-refractivity contribution in [3.8, 4) is 10.6 Å². The number of rotatable bonds is 3. The van der Waals surface area contributed by atoms with Gasteiger partial charge >= 0.3 is 0 Å². The van der Waals surface area contributed by atoms with E-state index in [0.717, 1.165) is 33.0 Å². The zero-order valence-corrected chi connectivity index (χ0v) is 14.4. The average Bonchev–Trinajstić information content (AvgIpc) is 2.87. The summed E-state index contributed by atoms with van der Waals surface area (Å²) >= 11 is 11.5. The van der Waals surface area contributed by atoms with Gasteiger partial charge in [0.15, 0.2) is 0 Å². The van der Waals surface area contributed by atoms with Crippen molar-refractivity contribution in [2.45, 2.75) is 32.2 Å². The smallest absolute Gasteiger partial charge is 0.125 e. The van der Waals surface area contributed by atoms with Gasteiger partial charge in [-0.05, 0) is 44.0 Å². The fraction of sp³-hybridized carbons (Fsp3) is 0.400. The quantitative estimate of drug-likeness (QED) is 0.800. The largest absolute Gasteiger partial charge is 0.309 e. The highest BCUT2D eigenvalue weighted by Crippen LogP contribution is 2.40. The number of aryl methyl sites for hydroxylation is 1. The van der Waals surface area contributed by atoms with Crippen LogP contribution < -0.4 is 5.32 Å². The Kier molecular flexibility index (Phi) is 4.46. The van der Waals surface area contributed by atoms with E-state index in [1.54, 1.807) is 11.3 Å². The lowest BCUT2D eigenvalue weighted by molar-refractivity contribution is 0.476. The highest BCUT2D eigenvalue weighted by atomic mass is 79.9. The maximum absolute atomic E-state index is 6.12. The van der Waals surface area contributed by atoms with Crippen LogP contribution >= 0.6 is 38.9 Å². The van der Waals surface area contributed by atoms with Gasteiger partial charge in [0.25, 0.3) is 0 Å². The molecule has 5 heteroatoms. The van der Waals surface area contributed by atoms with Crippen molar-refractivity contribution in [2.75, 3.05) is 6.54 Å².